The van der Waals surface area contributed by atoms with Gasteiger partial charge in [-0.2, -0.15) is 4.31 Å². The molecule has 2 aliphatic rings. The molecule has 0 saturated carbocycles. The van der Waals surface area contributed by atoms with Crippen LogP contribution in [0.3, 0.4) is 0 Å². The molecule has 0 saturated heterocycles. The van der Waals surface area contributed by atoms with Gasteiger partial charge in [0.05, 0.1) is 18.1 Å². The van der Waals surface area contributed by atoms with Crippen molar-refractivity contribution in [2.75, 3.05) is 26.4 Å². The SMILES string of the molecule is O=S(=O)(c1ccc2c(c1)OCCO2)N1CCOc2ccc(COCc3cccc(F)c3)cc2C1. The standard InChI is InChI=1S/C25H24FNO6S/c26-21-3-1-2-18(13-21)16-30-17-19-4-6-23-20(12-19)15-27(8-9-31-23)34(28,29)22-5-7-24-25(14-22)33-11-10-32-24/h1-7,12-14H,8-11,15-17H2. The molecule has 3 aromatic rings. The van der Waals surface area contributed by atoms with Crippen molar-refractivity contribution in [3.8, 4) is 17.2 Å². The summed E-state index contributed by atoms with van der Waals surface area (Å²) in [6, 6.07) is 16.5. The number of fused-ring (bicyclic) bond motifs is 2. The molecule has 7 nitrogen and oxygen atoms in total. The number of hydrogen-bond acceptors (Lipinski definition) is 6. The maximum atomic E-state index is 13.4. The van der Waals surface area contributed by atoms with Crippen LogP contribution in [-0.4, -0.2) is 39.1 Å². The largest absolute Gasteiger partial charge is 0.492 e. The van der Waals surface area contributed by atoms with Crippen molar-refractivity contribution in [2.24, 2.45) is 0 Å². The van der Waals surface area contributed by atoms with Gasteiger partial charge in [0, 0.05) is 24.7 Å². The van der Waals surface area contributed by atoms with E-state index in [9.17, 15) is 12.8 Å². The molecule has 0 spiro atoms. The summed E-state index contributed by atoms with van der Waals surface area (Å²) in [5.41, 5.74) is 2.37. The van der Waals surface area contributed by atoms with E-state index in [0.717, 1.165) is 16.7 Å². The van der Waals surface area contributed by atoms with Gasteiger partial charge in [-0.05, 0) is 47.5 Å². The van der Waals surface area contributed by atoms with Crippen molar-refractivity contribution in [3.63, 3.8) is 0 Å². The maximum absolute atomic E-state index is 13.4. The number of benzene rings is 3. The summed E-state index contributed by atoms with van der Waals surface area (Å²) in [6.45, 7) is 2.03. The first-order valence-electron chi connectivity index (χ1n) is 11.0. The Kier molecular flexibility index (Phi) is 6.40. The molecule has 0 fully saturated rings. The molecule has 2 heterocycles. The molecule has 178 valence electrons. The lowest BCUT2D eigenvalue weighted by atomic mass is 10.1. The zero-order valence-electron chi connectivity index (χ0n) is 18.4. The Bertz CT molecular complexity index is 1300. The first-order chi connectivity index (χ1) is 16.5. The lowest BCUT2D eigenvalue weighted by molar-refractivity contribution is 0.107. The van der Waals surface area contributed by atoms with E-state index in [0.29, 0.717) is 37.1 Å². The van der Waals surface area contributed by atoms with Crippen molar-refractivity contribution in [2.45, 2.75) is 24.7 Å². The fourth-order valence-electron chi connectivity index (χ4n) is 3.97. The Hall–Kier alpha value is -3.14. The van der Waals surface area contributed by atoms with Crippen LogP contribution in [-0.2, 0) is 34.5 Å². The Morgan fingerprint density at radius 3 is 2.38 bits per heavy atom. The van der Waals surface area contributed by atoms with E-state index in [4.69, 9.17) is 18.9 Å². The average molecular weight is 486 g/mol. The van der Waals surface area contributed by atoms with Gasteiger partial charge in [0.2, 0.25) is 10.0 Å². The Morgan fingerprint density at radius 1 is 0.824 bits per heavy atom. The molecule has 0 N–H and O–H groups in total. The highest BCUT2D eigenvalue weighted by Gasteiger charge is 2.29. The molecular weight excluding hydrogens is 461 g/mol. The third kappa shape index (κ3) is 4.86. The maximum Gasteiger partial charge on any atom is 0.243 e. The smallest absolute Gasteiger partial charge is 0.243 e. The van der Waals surface area contributed by atoms with Crippen molar-refractivity contribution in [1.82, 2.24) is 4.31 Å². The van der Waals surface area contributed by atoms with Crippen molar-refractivity contribution in [1.29, 1.82) is 0 Å². The van der Waals surface area contributed by atoms with Gasteiger partial charge in [-0.15, -0.1) is 0 Å². The van der Waals surface area contributed by atoms with Crippen LogP contribution in [0.15, 0.2) is 65.6 Å². The summed E-state index contributed by atoms with van der Waals surface area (Å²) < 4.78 is 64.1. The van der Waals surface area contributed by atoms with Crippen molar-refractivity contribution in [3.05, 3.63) is 83.2 Å². The highest BCUT2D eigenvalue weighted by molar-refractivity contribution is 7.89. The summed E-state index contributed by atoms with van der Waals surface area (Å²) in [5, 5.41) is 0. The van der Waals surface area contributed by atoms with Crippen molar-refractivity contribution >= 4 is 10.0 Å². The second-order valence-corrected chi connectivity index (χ2v) is 10.00. The second-order valence-electron chi connectivity index (χ2n) is 8.06. The van der Waals surface area contributed by atoms with Crippen LogP contribution in [0.4, 0.5) is 4.39 Å². The van der Waals surface area contributed by atoms with E-state index in [1.807, 2.05) is 18.2 Å². The molecule has 0 bridgehead atoms. The first kappa shape index (κ1) is 22.6. The average Bonchev–Trinajstić information content (AvgIpc) is 3.06. The van der Waals surface area contributed by atoms with E-state index in [-0.39, 0.29) is 37.0 Å². The van der Waals surface area contributed by atoms with Gasteiger partial charge >= 0.3 is 0 Å². The van der Waals surface area contributed by atoms with Crippen LogP contribution < -0.4 is 14.2 Å². The minimum atomic E-state index is -3.78. The molecule has 0 amide bonds. The van der Waals surface area contributed by atoms with Gasteiger partial charge in [-0.1, -0.05) is 18.2 Å². The van der Waals surface area contributed by atoms with Gasteiger partial charge in [0.15, 0.2) is 11.5 Å². The second kappa shape index (κ2) is 9.61. The Morgan fingerprint density at radius 2 is 1.56 bits per heavy atom. The van der Waals surface area contributed by atoms with Crippen molar-refractivity contribution < 1.29 is 31.8 Å². The molecule has 34 heavy (non-hydrogen) atoms. The van der Waals surface area contributed by atoms with Gasteiger partial charge in [0.25, 0.3) is 0 Å². The molecule has 0 radical (unpaired) electrons. The predicted molar refractivity (Wildman–Crippen MR) is 122 cm³/mol. The molecule has 3 aromatic carbocycles. The Balaban J connectivity index is 1.31. The quantitative estimate of drug-likeness (QED) is 0.527. The van der Waals surface area contributed by atoms with E-state index >= 15 is 0 Å². The van der Waals surface area contributed by atoms with Gasteiger partial charge in [-0.25, -0.2) is 12.8 Å². The zero-order chi connectivity index (χ0) is 23.5. The topological polar surface area (TPSA) is 74.3 Å². The van der Waals surface area contributed by atoms with Gasteiger partial charge < -0.3 is 18.9 Å². The van der Waals surface area contributed by atoms with Gasteiger partial charge in [-0.3, -0.25) is 0 Å². The minimum absolute atomic E-state index is 0.148. The van der Waals surface area contributed by atoms with E-state index < -0.39 is 10.0 Å². The fraction of sp³-hybridized carbons (Fsp3) is 0.280. The molecule has 0 aliphatic carbocycles. The summed E-state index contributed by atoms with van der Waals surface area (Å²) in [7, 11) is -3.78. The number of sulfonamides is 1. The monoisotopic (exact) mass is 485 g/mol. The normalized spacial score (nSPS) is 15.8. The van der Waals surface area contributed by atoms with E-state index in [1.165, 1.54) is 28.6 Å². The third-order valence-electron chi connectivity index (χ3n) is 5.65. The third-order valence-corrected chi connectivity index (χ3v) is 7.49. The number of rotatable bonds is 6. The zero-order valence-corrected chi connectivity index (χ0v) is 19.2. The summed E-state index contributed by atoms with van der Waals surface area (Å²) in [5.74, 6) is 1.31. The summed E-state index contributed by atoms with van der Waals surface area (Å²) >= 11 is 0. The lowest BCUT2D eigenvalue weighted by Gasteiger charge is -2.22. The van der Waals surface area contributed by atoms with Gasteiger partial charge in [0.1, 0.15) is 31.4 Å². The molecule has 0 unspecified atom stereocenters. The highest BCUT2D eigenvalue weighted by atomic mass is 32.2. The van der Waals surface area contributed by atoms with Crippen LogP contribution in [0, 0.1) is 5.82 Å². The van der Waals surface area contributed by atoms with E-state index in [1.54, 1.807) is 18.2 Å². The minimum Gasteiger partial charge on any atom is -0.492 e. The molecule has 9 heteroatoms. The van der Waals surface area contributed by atoms with Crippen LogP contribution in [0.2, 0.25) is 0 Å². The number of hydrogen-bond donors (Lipinski definition) is 0. The lowest BCUT2D eigenvalue weighted by Crippen LogP contribution is -2.32. The van der Waals surface area contributed by atoms with Crippen LogP contribution in [0.25, 0.3) is 0 Å². The first-order valence-corrected chi connectivity index (χ1v) is 12.4. The molecule has 5 rings (SSSR count). The molecule has 0 aromatic heterocycles. The summed E-state index contributed by atoms with van der Waals surface area (Å²) in [4.78, 5) is 0.148. The highest BCUT2D eigenvalue weighted by Crippen LogP contribution is 2.34. The van der Waals surface area contributed by atoms with Crippen LogP contribution in [0.5, 0.6) is 17.2 Å². The molecular formula is C25H24FNO6S. The fourth-order valence-corrected chi connectivity index (χ4v) is 5.38. The number of nitrogens with zero attached hydrogens (tertiary/aromatic N) is 1. The Labute approximate surface area is 197 Å². The molecule has 2 aliphatic heterocycles. The number of ether oxygens (including phenoxy) is 4. The molecule has 0 atom stereocenters. The van der Waals surface area contributed by atoms with Crippen LogP contribution in [0.1, 0.15) is 16.7 Å². The van der Waals surface area contributed by atoms with E-state index in [2.05, 4.69) is 0 Å². The predicted octanol–water partition coefficient (Wildman–Crippen LogP) is 3.90. The number of halogens is 1. The summed E-state index contributed by atoms with van der Waals surface area (Å²) in [6.07, 6.45) is 0. The van der Waals surface area contributed by atoms with Crippen LogP contribution >= 0.6 is 0 Å².